The Labute approximate surface area is 121 Å². The third-order valence-corrected chi connectivity index (χ3v) is 4.65. The second-order valence-corrected chi connectivity index (χ2v) is 6.19. The van der Waals surface area contributed by atoms with Crippen LogP contribution in [0.4, 0.5) is 10.8 Å². The molecule has 2 N–H and O–H groups in total. The van der Waals surface area contributed by atoms with Crippen LogP contribution in [0.3, 0.4) is 0 Å². The summed E-state index contributed by atoms with van der Waals surface area (Å²) in [6.07, 6.45) is 0.474. The van der Waals surface area contributed by atoms with Gasteiger partial charge in [0, 0.05) is 24.6 Å². The first-order valence-electron chi connectivity index (χ1n) is 6.51. The predicted octanol–water partition coefficient (Wildman–Crippen LogP) is 2.26. The molecule has 0 aliphatic carbocycles. The number of hydrogen-bond acceptors (Lipinski definition) is 5. The molecule has 0 radical (unpaired) electrons. The van der Waals surface area contributed by atoms with Gasteiger partial charge in [0.1, 0.15) is 5.01 Å². The van der Waals surface area contributed by atoms with Crippen molar-refractivity contribution < 1.29 is 4.79 Å². The van der Waals surface area contributed by atoms with Crippen LogP contribution in [0.1, 0.15) is 28.5 Å². The van der Waals surface area contributed by atoms with Crippen molar-refractivity contribution in [3.63, 3.8) is 0 Å². The van der Waals surface area contributed by atoms with E-state index in [4.69, 9.17) is 5.73 Å². The lowest BCUT2D eigenvalue weighted by atomic mass is 10.1. The average Bonchev–Trinajstić information content (AvgIpc) is 2.99. The summed E-state index contributed by atoms with van der Waals surface area (Å²) in [6.45, 7) is 4.77. The monoisotopic (exact) mass is 288 g/mol. The highest BCUT2D eigenvalue weighted by Crippen LogP contribution is 2.34. The van der Waals surface area contributed by atoms with E-state index in [1.807, 2.05) is 17.0 Å². The van der Waals surface area contributed by atoms with Crippen molar-refractivity contribution in [2.24, 2.45) is 0 Å². The van der Waals surface area contributed by atoms with E-state index < -0.39 is 0 Å². The van der Waals surface area contributed by atoms with Gasteiger partial charge in [-0.3, -0.25) is 4.79 Å². The standard InChI is InChI=1S/C14H16N4OS/c1-8-3-4-11(5-9(8)2)18-7-10(6-12(18)19)13-16-17-14(15)20-13/h3-5,10H,6-7H2,1-2H3,(H2,15,17). The maximum Gasteiger partial charge on any atom is 0.227 e. The van der Waals surface area contributed by atoms with Crippen LogP contribution < -0.4 is 10.6 Å². The molecule has 20 heavy (non-hydrogen) atoms. The van der Waals surface area contributed by atoms with Crippen LogP contribution in [-0.2, 0) is 4.79 Å². The van der Waals surface area contributed by atoms with E-state index in [-0.39, 0.29) is 11.8 Å². The van der Waals surface area contributed by atoms with Crippen molar-refractivity contribution in [1.29, 1.82) is 0 Å². The molecule has 6 heteroatoms. The molecule has 1 aromatic carbocycles. The van der Waals surface area contributed by atoms with Crippen LogP contribution in [0, 0.1) is 13.8 Å². The molecule has 1 aliphatic heterocycles. The zero-order chi connectivity index (χ0) is 14.3. The first-order valence-corrected chi connectivity index (χ1v) is 7.32. The van der Waals surface area contributed by atoms with Gasteiger partial charge in [-0.2, -0.15) is 0 Å². The van der Waals surface area contributed by atoms with E-state index in [0.717, 1.165) is 10.7 Å². The number of carbonyl (C=O) groups is 1. The van der Waals surface area contributed by atoms with E-state index in [1.54, 1.807) is 0 Å². The second-order valence-electron chi connectivity index (χ2n) is 5.15. The molecule has 2 heterocycles. The van der Waals surface area contributed by atoms with Crippen molar-refractivity contribution in [1.82, 2.24) is 10.2 Å². The lowest BCUT2D eigenvalue weighted by Crippen LogP contribution is -2.24. The number of nitrogens with zero attached hydrogens (tertiary/aromatic N) is 3. The van der Waals surface area contributed by atoms with Gasteiger partial charge in [-0.15, -0.1) is 10.2 Å². The molecule has 1 saturated heterocycles. The van der Waals surface area contributed by atoms with E-state index in [0.29, 0.717) is 18.1 Å². The number of rotatable bonds is 2. The Balaban J connectivity index is 1.85. The van der Waals surface area contributed by atoms with Gasteiger partial charge in [-0.25, -0.2) is 0 Å². The molecule has 0 bridgehead atoms. The fourth-order valence-corrected chi connectivity index (χ4v) is 3.13. The minimum absolute atomic E-state index is 0.0962. The fourth-order valence-electron chi connectivity index (χ4n) is 2.43. The summed E-state index contributed by atoms with van der Waals surface area (Å²) < 4.78 is 0. The van der Waals surface area contributed by atoms with Gasteiger partial charge in [-0.1, -0.05) is 17.4 Å². The topological polar surface area (TPSA) is 72.1 Å². The van der Waals surface area contributed by atoms with E-state index in [2.05, 4.69) is 30.1 Å². The zero-order valence-electron chi connectivity index (χ0n) is 11.5. The zero-order valence-corrected chi connectivity index (χ0v) is 12.3. The van der Waals surface area contributed by atoms with Gasteiger partial charge in [0.2, 0.25) is 11.0 Å². The molecule has 1 fully saturated rings. The molecule has 1 aromatic heterocycles. The Bertz CT molecular complexity index is 667. The molecule has 1 unspecified atom stereocenters. The summed E-state index contributed by atoms with van der Waals surface area (Å²) >= 11 is 1.37. The fraction of sp³-hybridized carbons (Fsp3) is 0.357. The van der Waals surface area contributed by atoms with Crippen LogP contribution in [0.15, 0.2) is 18.2 Å². The number of carbonyl (C=O) groups excluding carboxylic acids is 1. The molecule has 0 saturated carbocycles. The Morgan fingerprint density at radius 2 is 2.10 bits per heavy atom. The number of benzene rings is 1. The Morgan fingerprint density at radius 3 is 2.75 bits per heavy atom. The summed E-state index contributed by atoms with van der Waals surface area (Å²) in [4.78, 5) is 14.0. The van der Waals surface area contributed by atoms with Crippen LogP contribution in [0.5, 0.6) is 0 Å². The summed E-state index contributed by atoms with van der Waals surface area (Å²) in [6, 6.07) is 6.11. The molecule has 2 aromatic rings. The normalized spacial score (nSPS) is 18.8. The van der Waals surface area contributed by atoms with Gasteiger partial charge in [0.25, 0.3) is 0 Å². The van der Waals surface area contributed by atoms with Crippen molar-refractivity contribution in [3.05, 3.63) is 34.3 Å². The maximum absolute atomic E-state index is 12.2. The second kappa shape index (κ2) is 4.86. The molecule has 1 amide bonds. The number of aromatic nitrogens is 2. The van der Waals surface area contributed by atoms with Gasteiger partial charge >= 0.3 is 0 Å². The third kappa shape index (κ3) is 2.27. The number of amides is 1. The molecule has 1 aliphatic rings. The van der Waals surface area contributed by atoms with Gasteiger partial charge in [-0.05, 0) is 37.1 Å². The Morgan fingerprint density at radius 1 is 1.30 bits per heavy atom. The highest BCUT2D eigenvalue weighted by molar-refractivity contribution is 7.15. The summed E-state index contributed by atoms with van der Waals surface area (Å²) in [7, 11) is 0. The van der Waals surface area contributed by atoms with Crippen LogP contribution >= 0.6 is 11.3 Å². The summed E-state index contributed by atoms with van der Waals surface area (Å²) in [5.74, 6) is 0.228. The van der Waals surface area contributed by atoms with Gasteiger partial charge in [0.05, 0.1) is 0 Å². The van der Waals surface area contributed by atoms with Crippen LogP contribution in [-0.4, -0.2) is 22.6 Å². The van der Waals surface area contributed by atoms with Crippen molar-refractivity contribution in [3.8, 4) is 0 Å². The van der Waals surface area contributed by atoms with Crippen molar-refractivity contribution in [2.75, 3.05) is 17.2 Å². The molecular formula is C14H16N4OS. The van der Waals surface area contributed by atoms with E-state index in [1.165, 1.54) is 22.5 Å². The molecule has 0 spiro atoms. The minimum Gasteiger partial charge on any atom is -0.374 e. The van der Waals surface area contributed by atoms with Crippen molar-refractivity contribution in [2.45, 2.75) is 26.2 Å². The van der Waals surface area contributed by atoms with Crippen molar-refractivity contribution >= 4 is 28.1 Å². The average molecular weight is 288 g/mol. The van der Waals surface area contributed by atoms with E-state index in [9.17, 15) is 4.79 Å². The SMILES string of the molecule is Cc1ccc(N2CC(c3nnc(N)s3)CC2=O)cc1C. The quantitative estimate of drug-likeness (QED) is 0.920. The lowest BCUT2D eigenvalue weighted by Gasteiger charge is -2.17. The van der Waals surface area contributed by atoms with Gasteiger partial charge in [0.15, 0.2) is 0 Å². The number of nitrogen functional groups attached to an aromatic ring is 1. The number of hydrogen-bond donors (Lipinski definition) is 1. The number of nitrogens with two attached hydrogens (primary N) is 1. The predicted molar refractivity (Wildman–Crippen MR) is 79.9 cm³/mol. The largest absolute Gasteiger partial charge is 0.374 e. The maximum atomic E-state index is 12.2. The number of anilines is 2. The van der Waals surface area contributed by atoms with Crippen LogP contribution in [0.25, 0.3) is 0 Å². The highest BCUT2D eigenvalue weighted by Gasteiger charge is 2.33. The molecule has 5 nitrogen and oxygen atoms in total. The summed E-state index contributed by atoms with van der Waals surface area (Å²) in [5, 5.41) is 9.19. The first-order chi connectivity index (χ1) is 9.54. The molecule has 104 valence electrons. The highest BCUT2D eigenvalue weighted by atomic mass is 32.1. The van der Waals surface area contributed by atoms with Crippen LogP contribution in [0.2, 0.25) is 0 Å². The lowest BCUT2D eigenvalue weighted by molar-refractivity contribution is -0.117. The third-order valence-electron chi connectivity index (χ3n) is 3.73. The number of aryl methyl sites for hydroxylation is 2. The Hall–Kier alpha value is -1.95. The Kier molecular flexibility index (Phi) is 3.17. The molecular weight excluding hydrogens is 272 g/mol. The first kappa shape index (κ1) is 13.1. The minimum atomic E-state index is 0.0962. The summed E-state index contributed by atoms with van der Waals surface area (Å²) in [5.41, 5.74) is 8.99. The molecule has 3 rings (SSSR count). The smallest absolute Gasteiger partial charge is 0.227 e. The molecule has 1 atom stereocenters. The van der Waals surface area contributed by atoms with E-state index >= 15 is 0 Å². The van der Waals surface area contributed by atoms with Gasteiger partial charge < -0.3 is 10.6 Å².